The van der Waals surface area contributed by atoms with Crippen LogP contribution >= 0.6 is 0 Å². The highest BCUT2D eigenvalue weighted by atomic mass is 28.3. The van der Waals surface area contributed by atoms with Crippen LogP contribution in [-0.2, 0) is 8.85 Å². The highest BCUT2D eigenvalue weighted by Crippen LogP contribution is 2.09. The van der Waals surface area contributed by atoms with Crippen molar-refractivity contribution in [3.8, 4) is 0 Å². The summed E-state index contributed by atoms with van der Waals surface area (Å²) in [7, 11) is 0.0216. The van der Waals surface area contributed by atoms with E-state index < -0.39 is 9.28 Å². The molecule has 0 fully saturated rings. The van der Waals surface area contributed by atoms with E-state index in [1.54, 1.807) is 7.11 Å². The van der Waals surface area contributed by atoms with Gasteiger partial charge in [0.15, 0.2) is 0 Å². The van der Waals surface area contributed by atoms with Gasteiger partial charge in [-0.2, -0.15) is 0 Å². The summed E-state index contributed by atoms with van der Waals surface area (Å²) in [5, 5.41) is 1.19. The molecule has 0 spiro atoms. The minimum atomic E-state index is -1.70. The average molecular weight is 210 g/mol. The summed E-state index contributed by atoms with van der Waals surface area (Å²) in [6.07, 6.45) is 0. The first kappa shape index (κ1) is 11.4. The summed E-state index contributed by atoms with van der Waals surface area (Å²) in [6, 6.07) is 10.2. The van der Waals surface area contributed by atoms with Gasteiger partial charge in [-0.3, -0.25) is 0 Å². The summed E-state index contributed by atoms with van der Waals surface area (Å²) in [6.45, 7) is 6.15. The lowest BCUT2D eigenvalue weighted by atomic mass is 10.2. The first-order valence-corrected chi connectivity index (χ1v) is 6.30. The Bertz CT molecular complexity index is 266. The molecule has 0 bridgehead atoms. The largest absolute Gasteiger partial charge is 0.397 e. The van der Waals surface area contributed by atoms with Crippen molar-refractivity contribution in [3.05, 3.63) is 30.3 Å². The Morgan fingerprint density at radius 3 is 2.07 bits per heavy atom. The molecule has 0 N–H and O–H groups in total. The van der Waals surface area contributed by atoms with Gasteiger partial charge in [-0.1, -0.05) is 30.3 Å². The molecule has 2 nitrogen and oxygen atoms in total. The van der Waals surface area contributed by atoms with Crippen molar-refractivity contribution in [2.45, 2.75) is 26.4 Å². The molecule has 14 heavy (non-hydrogen) atoms. The lowest BCUT2D eigenvalue weighted by Gasteiger charge is -2.25. The Balaban J connectivity index is 2.73. The van der Waals surface area contributed by atoms with E-state index >= 15 is 0 Å². The van der Waals surface area contributed by atoms with Gasteiger partial charge in [0, 0.05) is 7.11 Å². The van der Waals surface area contributed by atoms with E-state index in [9.17, 15) is 0 Å². The maximum atomic E-state index is 5.89. The molecule has 1 atom stereocenters. The van der Waals surface area contributed by atoms with E-state index in [2.05, 4.69) is 32.9 Å². The van der Waals surface area contributed by atoms with Crippen molar-refractivity contribution in [2.75, 3.05) is 7.11 Å². The summed E-state index contributed by atoms with van der Waals surface area (Å²) in [5.74, 6) is 0. The van der Waals surface area contributed by atoms with Gasteiger partial charge < -0.3 is 8.85 Å². The van der Waals surface area contributed by atoms with Crippen LogP contribution in [0.25, 0.3) is 0 Å². The molecule has 1 unspecified atom stereocenters. The van der Waals surface area contributed by atoms with E-state index in [1.165, 1.54) is 5.19 Å². The van der Waals surface area contributed by atoms with Crippen LogP contribution in [0.5, 0.6) is 0 Å². The molecule has 0 amide bonds. The van der Waals surface area contributed by atoms with Crippen molar-refractivity contribution >= 4 is 14.5 Å². The summed E-state index contributed by atoms with van der Waals surface area (Å²) >= 11 is 0. The van der Waals surface area contributed by atoms with E-state index in [-0.39, 0.29) is 5.60 Å². The quantitative estimate of drug-likeness (QED) is 0.705. The third-order valence-corrected chi connectivity index (χ3v) is 4.02. The maximum absolute atomic E-state index is 5.89. The molecular formula is C11H18O2Si. The predicted molar refractivity (Wildman–Crippen MR) is 61.1 cm³/mol. The number of rotatable bonds is 3. The lowest BCUT2D eigenvalue weighted by molar-refractivity contribution is 0.0982. The molecule has 0 heterocycles. The van der Waals surface area contributed by atoms with Crippen molar-refractivity contribution < 1.29 is 8.85 Å². The fourth-order valence-electron chi connectivity index (χ4n) is 1.18. The van der Waals surface area contributed by atoms with Crippen LogP contribution in [-0.4, -0.2) is 22.0 Å². The van der Waals surface area contributed by atoms with Crippen LogP contribution in [0.15, 0.2) is 30.3 Å². The van der Waals surface area contributed by atoms with Gasteiger partial charge in [0.1, 0.15) is 0 Å². The zero-order chi connectivity index (χ0) is 10.6. The Morgan fingerprint density at radius 2 is 1.64 bits per heavy atom. The van der Waals surface area contributed by atoms with Gasteiger partial charge in [0.05, 0.1) is 5.60 Å². The van der Waals surface area contributed by atoms with E-state index in [1.807, 2.05) is 18.2 Å². The Kier molecular flexibility index (Phi) is 3.86. The van der Waals surface area contributed by atoms with Crippen LogP contribution in [0.4, 0.5) is 0 Å². The Labute approximate surface area is 87.7 Å². The standard InChI is InChI=1S/C11H18O2Si/c1-11(2,3)13-14(12-4)10-8-6-5-7-9-10/h5-9,14H,1-4H3. The maximum Gasteiger partial charge on any atom is 0.356 e. The Hall–Kier alpha value is -0.643. The van der Waals surface area contributed by atoms with Crippen molar-refractivity contribution in [2.24, 2.45) is 0 Å². The third kappa shape index (κ3) is 3.62. The molecule has 0 saturated carbocycles. The predicted octanol–water partition coefficient (Wildman–Crippen LogP) is 1.58. The van der Waals surface area contributed by atoms with Gasteiger partial charge in [-0.15, -0.1) is 0 Å². The van der Waals surface area contributed by atoms with Crippen LogP contribution in [0.3, 0.4) is 0 Å². The van der Waals surface area contributed by atoms with Crippen molar-refractivity contribution in [1.29, 1.82) is 0 Å². The fraction of sp³-hybridized carbons (Fsp3) is 0.455. The number of benzene rings is 1. The molecule has 0 saturated heterocycles. The van der Waals surface area contributed by atoms with Crippen molar-refractivity contribution in [3.63, 3.8) is 0 Å². The molecule has 0 aliphatic rings. The topological polar surface area (TPSA) is 18.5 Å². The summed E-state index contributed by atoms with van der Waals surface area (Å²) < 4.78 is 11.3. The fourth-order valence-corrected chi connectivity index (χ4v) is 2.87. The molecule has 78 valence electrons. The summed E-state index contributed by atoms with van der Waals surface area (Å²) in [4.78, 5) is 0. The SMILES string of the molecule is CO[SiH](OC(C)(C)C)c1ccccc1. The van der Waals surface area contributed by atoms with E-state index in [0.717, 1.165) is 0 Å². The number of hydrogen-bond donors (Lipinski definition) is 0. The van der Waals surface area contributed by atoms with Gasteiger partial charge in [-0.05, 0) is 26.0 Å². The molecule has 1 aromatic carbocycles. The van der Waals surface area contributed by atoms with Gasteiger partial charge in [-0.25, -0.2) is 0 Å². The molecule has 0 aliphatic carbocycles. The summed E-state index contributed by atoms with van der Waals surface area (Å²) in [5.41, 5.74) is -0.136. The minimum Gasteiger partial charge on any atom is -0.397 e. The van der Waals surface area contributed by atoms with Gasteiger partial charge in [0.2, 0.25) is 0 Å². The van der Waals surface area contributed by atoms with Crippen LogP contribution < -0.4 is 5.19 Å². The van der Waals surface area contributed by atoms with Crippen LogP contribution in [0.1, 0.15) is 20.8 Å². The third-order valence-electron chi connectivity index (χ3n) is 1.75. The van der Waals surface area contributed by atoms with Crippen molar-refractivity contribution in [1.82, 2.24) is 0 Å². The molecule has 3 heteroatoms. The second kappa shape index (κ2) is 4.73. The van der Waals surface area contributed by atoms with Crippen LogP contribution in [0, 0.1) is 0 Å². The zero-order valence-electron chi connectivity index (χ0n) is 9.28. The van der Waals surface area contributed by atoms with E-state index in [0.29, 0.717) is 0 Å². The first-order valence-electron chi connectivity index (χ1n) is 4.78. The minimum absolute atomic E-state index is 0.136. The highest BCUT2D eigenvalue weighted by molar-refractivity contribution is 6.61. The number of hydrogen-bond acceptors (Lipinski definition) is 2. The second-order valence-corrected chi connectivity index (χ2v) is 6.25. The van der Waals surface area contributed by atoms with E-state index in [4.69, 9.17) is 8.85 Å². The smallest absolute Gasteiger partial charge is 0.356 e. The molecular weight excluding hydrogens is 192 g/mol. The van der Waals surface area contributed by atoms with Gasteiger partial charge >= 0.3 is 9.28 Å². The molecule has 1 aromatic rings. The average Bonchev–Trinajstić information content (AvgIpc) is 2.14. The molecule has 0 aromatic heterocycles. The second-order valence-electron chi connectivity index (χ2n) is 4.21. The highest BCUT2D eigenvalue weighted by Gasteiger charge is 2.22. The van der Waals surface area contributed by atoms with Gasteiger partial charge in [0.25, 0.3) is 0 Å². The zero-order valence-corrected chi connectivity index (χ0v) is 10.4. The molecule has 0 radical (unpaired) electrons. The van der Waals surface area contributed by atoms with Crippen LogP contribution in [0.2, 0.25) is 0 Å². The monoisotopic (exact) mass is 210 g/mol. The molecule has 1 rings (SSSR count). The molecule has 0 aliphatic heterocycles. The first-order chi connectivity index (χ1) is 6.53. The lowest BCUT2D eigenvalue weighted by Crippen LogP contribution is -2.41. The Morgan fingerprint density at radius 1 is 1.07 bits per heavy atom. The normalized spacial score (nSPS) is 14.0.